The first-order valence-electron chi connectivity index (χ1n) is 9.25. The largest absolute Gasteiger partial charge is 0.469 e. The molecule has 4 aromatic carbocycles. The summed E-state index contributed by atoms with van der Waals surface area (Å²) in [6.07, 6.45) is 0.284. The van der Waals surface area contributed by atoms with E-state index in [1.807, 2.05) is 6.07 Å². The molecule has 4 rings (SSSR count). The lowest BCUT2D eigenvalue weighted by Crippen LogP contribution is -2.21. The minimum atomic E-state index is -0.698. The minimum absolute atomic E-state index is 0.216. The van der Waals surface area contributed by atoms with Crippen LogP contribution in [0.5, 0.6) is 0 Å². The van der Waals surface area contributed by atoms with E-state index in [-0.39, 0.29) is 12.4 Å². The predicted octanol–water partition coefficient (Wildman–Crippen LogP) is 4.31. The molecule has 0 atom stereocenters. The van der Waals surface area contributed by atoms with Crippen molar-refractivity contribution >= 4 is 40.6 Å². The molecule has 0 heterocycles. The number of fused-ring (bicyclic) bond motifs is 1. The molecule has 0 saturated heterocycles. The number of hydrogen-bond donors (Lipinski definition) is 0. The molecule has 2 nitrogen and oxygen atoms in total. The average Bonchev–Trinajstić information content (AvgIpc) is 2.77. The Morgan fingerprint density at radius 2 is 1.25 bits per heavy atom. The monoisotopic (exact) mass is 384 g/mol. The standard InChI is InChI=1S/C25H21O2P/c1-27-25(26)18-19-16-17-24(23-15-9-8-14-22(19)23)28(20-10-4-2-5-11-20)21-12-6-3-7-13-21/h2-17H,18H2,1H3. The lowest BCUT2D eigenvalue weighted by Gasteiger charge is -2.22. The van der Waals surface area contributed by atoms with Crippen molar-refractivity contribution in [1.82, 2.24) is 0 Å². The molecule has 0 aliphatic heterocycles. The van der Waals surface area contributed by atoms with Crippen LogP contribution >= 0.6 is 7.92 Å². The first kappa shape index (κ1) is 18.4. The van der Waals surface area contributed by atoms with Gasteiger partial charge in [0.15, 0.2) is 0 Å². The quantitative estimate of drug-likeness (QED) is 0.379. The second-order valence-corrected chi connectivity index (χ2v) is 8.73. The molecular weight excluding hydrogens is 363 g/mol. The van der Waals surface area contributed by atoms with Gasteiger partial charge >= 0.3 is 5.97 Å². The molecule has 3 heteroatoms. The van der Waals surface area contributed by atoms with Crippen molar-refractivity contribution in [2.24, 2.45) is 0 Å². The van der Waals surface area contributed by atoms with Crippen molar-refractivity contribution in [2.45, 2.75) is 6.42 Å². The van der Waals surface area contributed by atoms with Crippen LogP contribution in [0.2, 0.25) is 0 Å². The van der Waals surface area contributed by atoms with Crippen molar-refractivity contribution in [3.05, 3.63) is 103 Å². The first-order valence-corrected chi connectivity index (χ1v) is 10.6. The summed E-state index contributed by atoms with van der Waals surface area (Å²) in [5.74, 6) is -0.216. The number of rotatable bonds is 5. The summed E-state index contributed by atoms with van der Waals surface area (Å²) in [5.41, 5.74) is 1.00. The molecule has 0 bridgehead atoms. The number of ether oxygens (including phenoxy) is 1. The highest BCUT2D eigenvalue weighted by Gasteiger charge is 2.20. The zero-order chi connectivity index (χ0) is 19.3. The summed E-state index contributed by atoms with van der Waals surface area (Å²) >= 11 is 0. The maximum absolute atomic E-state index is 11.9. The molecule has 0 amide bonds. The maximum Gasteiger partial charge on any atom is 0.309 e. The van der Waals surface area contributed by atoms with E-state index >= 15 is 0 Å². The van der Waals surface area contributed by atoms with Crippen LogP contribution in [-0.2, 0) is 16.0 Å². The van der Waals surface area contributed by atoms with Gasteiger partial charge in [0.25, 0.3) is 0 Å². The van der Waals surface area contributed by atoms with Crippen molar-refractivity contribution in [3.63, 3.8) is 0 Å². The third kappa shape index (κ3) is 3.69. The highest BCUT2D eigenvalue weighted by Crippen LogP contribution is 2.36. The number of methoxy groups -OCH3 is 1. The van der Waals surface area contributed by atoms with Crippen LogP contribution in [0.1, 0.15) is 5.56 Å². The van der Waals surface area contributed by atoms with Gasteiger partial charge in [-0.1, -0.05) is 97.1 Å². The summed E-state index contributed by atoms with van der Waals surface area (Å²) < 4.78 is 4.88. The number of esters is 1. The molecule has 28 heavy (non-hydrogen) atoms. The molecule has 0 N–H and O–H groups in total. The van der Waals surface area contributed by atoms with Crippen LogP contribution in [-0.4, -0.2) is 13.1 Å². The van der Waals surface area contributed by atoms with Crippen LogP contribution in [0.3, 0.4) is 0 Å². The lowest BCUT2D eigenvalue weighted by atomic mass is 10.0. The van der Waals surface area contributed by atoms with Gasteiger partial charge in [-0.05, 0) is 40.2 Å². The molecule has 0 radical (unpaired) electrons. The number of benzene rings is 4. The van der Waals surface area contributed by atoms with Gasteiger partial charge < -0.3 is 4.74 Å². The normalized spacial score (nSPS) is 10.9. The van der Waals surface area contributed by atoms with Crippen LogP contribution in [0.4, 0.5) is 0 Å². The van der Waals surface area contributed by atoms with Gasteiger partial charge in [0.2, 0.25) is 0 Å². The Morgan fingerprint density at radius 3 is 1.82 bits per heavy atom. The maximum atomic E-state index is 11.9. The smallest absolute Gasteiger partial charge is 0.309 e. The fourth-order valence-electron chi connectivity index (χ4n) is 3.50. The SMILES string of the molecule is COC(=O)Cc1ccc(P(c2ccccc2)c2ccccc2)c2ccccc12. The fourth-order valence-corrected chi connectivity index (χ4v) is 5.96. The lowest BCUT2D eigenvalue weighted by molar-refractivity contribution is -0.139. The topological polar surface area (TPSA) is 26.3 Å². The molecular formula is C25H21O2P. The zero-order valence-corrected chi connectivity index (χ0v) is 16.6. The molecule has 0 aliphatic carbocycles. The predicted molar refractivity (Wildman–Crippen MR) is 118 cm³/mol. The Kier molecular flexibility index (Phi) is 5.50. The van der Waals surface area contributed by atoms with Crippen molar-refractivity contribution in [3.8, 4) is 0 Å². The van der Waals surface area contributed by atoms with Crippen molar-refractivity contribution in [2.75, 3.05) is 7.11 Å². The molecule has 0 aliphatic rings. The Labute approximate surface area is 166 Å². The van der Waals surface area contributed by atoms with Crippen LogP contribution in [0.25, 0.3) is 10.8 Å². The van der Waals surface area contributed by atoms with Gasteiger partial charge in [0, 0.05) is 0 Å². The molecule has 0 saturated carbocycles. The van der Waals surface area contributed by atoms with E-state index in [0.29, 0.717) is 0 Å². The van der Waals surface area contributed by atoms with Gasteiger partial charge in [0.1, 0.15) is 0 Å². The second kappa shape index (κ2) is 8.37. The molecule has 138 valence electrons. The molecule has 0 fully saturated rings. The summed E-state index contributed by atoms with van der Waals surface area (Å²) in [7, 11) is 0.735. The van der Waals surface area contributed by atoms with Gasteiger partial charge in [0.05, 0.1) is 13.5 Å². The molecule has 0 spiro atoms. The van der Waals surface area contributed by atoms with Crippen LogP contribution in [0, 0.1) is 0 Å². The summed E-state index contributed by atoms with van der Waals surface area (Å²) in [5, 5.41) is 6.24. The van der Waals surface area contributed by atoms with Crippen LogP contribution in [0.15, 0.2) is 97.1 Å². The highest BCUT2D eigenvalue weighted by molar-refractivity contribution is 7.80. The van der Waals surface area contributed by atoms with Gasteiger partial charge in [-0.2, -0.15) is 0 Å². The van der Waals surface area contributed by atoms with E-state index in [1.54, 1.807) is 0 Å². The van der Waals surface area contributed by atoms with Gasteiger partial charge in [-0.25, -0.2) is 0 Å². The van der Waals surface area contributed by atoms with E-state index in [9.17, 15) is 4.79 Å². The van der Waals surface area contributed by atoms with E-state index in [1.165, 1.54) is 28.4 Å². The molecule has 0 unspecified atom stereocenters. The number of carbonyl (C=O) groups is 1. The van der Waals surface area contributed by atoms with Crippen molar-refractivity contribution in [1.29, 1.82) is 0 Å². The first-order chi connectivity index (χ1) is 13.8. The van der Waals surface area contributed by atoms with E-state index in [2.05, 4.69) is 91.0 Å². The number of carbonyl (C=O) groups excluding carboxylic acids is 1. The molecule has 0 aromatic heterocycles. The Hall–Kier alpha value is -2.96. The van der Waals surface area contributed by atoms with Crippen molar-refractivity contribution < 1.29 is 9.53 Å². The zero-order valence-electron chi connectivity index (χ0n) is 15.7. The van der Waals surface area contributed by atoms with E-state index < -0.39 is 7.92 Å². The Morgan fingerprint density at radius 1 is 0.714 bits per heavy atom. The summed E-state index contributed by atoms with van der Waals surface area (Å²) in [4.78, 5) is 11.9. The van der Waals surface area contributed by atoms with Gasteiger partial charge in [-0.3, -0.25) is 4.79 Å². The van der Waals surface area contributed by atoms with Gasteiger partial charge in [-0.15, -0.1) is 0 Å². The fraction of sp³-hybridized carbons (Fsp3) is 0.0800. The third-order valence-corrected chi connectivity index (χ3v) is 7.32. The highest BCUT2D eigenvalue weighted by atomic mass is 31.1. The minimum Gasteiger partial charge on any atom is -0.469 e. The second-order valence-electron chi connectivity index (χ2n) is 6.55. The Balaban J connectivity index is 1.93. The third-order valence-electron chi connectivity index (χ3n) is 4.82. The van der Waals surface area contributed by atoms with E-state index in [4.69, 9.17) is 4.74 Å². The van der Waals surface area contributed by atoms with Crippen LogP contribution < -0.4 is 15.9 Å². The van der Waals surface area contributed by atoms with E-state index in [0.717, 1.165) is 10.9 Å². The Bertz CT molecular complexity index is 1050. The summed E-state index contributed by atoms with van der Waals surface area (Å²) in [6, 6.07) is 33.9. The summed E-state index contributed by atoms with van der Waals surface area (Å²) in [6.45, 7) is 0. The number of hydrogen-bond acceptors (Lipinski definition) is 2. The molecule has 4 aromatic rings. The average molecular weight is 384 g/mol.